The van der Waals surface area contributed by atoms with Gasteiger partial charge in [0.15, 0.2) is 0 Å². The maximum Gasteiger partial charge on any atom is 0.282 e. The van der Waals surface area contributed by atoms with E-state index < -0.39 is 0 Å². The van der Waals surface area contributed by atoms with Gasteiger partial charge in [-0.2, -0.15) is 9.78 Å². The van der Waals surface area contributed by atoms with Crippen LogP contribution >= 0.6 is 55.1 Å². The Morgan fingerprint density at radius 2 is 1.81 bits per heavy atom. The second-order valence-electron chi connectivity index (χ2n) is 6.90. The van der Waals surface area contributed by atoms with E-state index in [0.29, 0.717) is 49.2 Å². The lowest BCUT2D eigenvalue weighted by molar-refractivity contribution is 0.304. The van der Waals surface area contributed by atoms with Gasteiger partial charge in [-0.1, -0.05) is 51.3 Å². The van der Waals surface area contributed by atoms with E-state index in [1.54, 1.807) is 43.3 Å². The molecule has 0 unspecified atom stereocenters. The molecule has 9 heteroatoms. The number of benzene rings is 3. The Labute approximate surface area is 210 Å². The number of nitrogens with zero attached hydrogens (tertiary/aromatic N) is 3. The van der Waals surface area contributed by atoms with E-state index in [0.717, 1.165) is 10.0 Å². The molecule has 3 aromatic carbocycles. The first-order valence-corrected chi connectivity index (χ1v) is 11.8. The maximum absolute atomic E-state index is 13.0. The zero-order valence-electron chi connectivity index (χ0n) is 16.7. The molecule has 162 valence electrons. The number of hydrogen-bond donors (Lipinski definition) is 0. The highest BCUT2D eigenvalue weighted by Gasteiger charge is 2.12. The molecule has 0 amide bonds. The van der Waals surface area contributed by atoms with Gasteiger partial charge in [0.1, 0.15) is 18.2 Å². The van der Waals surface area contributed by atoms with Crippen molar-refractivity contribution in [1.29, 1.82) is 0 Å². The lowest BCUT2D eigenvalue weighted by Gasteiger charge is -2.12. The third kappa shape index (κ3) is 5.07. The molecule has 5 nitrogen and oxygen atoms in total. The lowest BCUT2D eigenvalue weighted by Crippen LogP contribution is -2.20. The highest BCUT2D eigenvalue weighted by Crippen LogP contribution is 2.32. The van der Waals surface area contributed by atoms with Crippen LogP contribution in [0, 0.1) is 6.92 Å². The third-order valence-corrected chi connectivity index (χ3v) is 6.17. The smallest absolute Gasteiger partial charge is 0.282 e. The minimum absolute atomic E-state index is 0.269. The van der Waals surface area contributed by atoms with Crippen LogP contribution in [0.3, 0.4) is 0 Å². The van der Waals surface area contributed by atoms with Gasteiger partial charge in [-0.25, -0.2) is 4.98 Å². The molecule has 0 saturated heterocycles. The van der Waals surface area contributed by atoms with Crippen LogP contribution in [0.15, 0.2) is 73.4 Å². The molecular weight excluding hydrogens is 581 g/mol. The van der Waals surface area contributed by atoms with Gasteiger partial charge >= 0.3 is 0 Å². The van der Waals surface area contributed by atoms with Gasteiger partial charge in [-0.3, -0.25) is 4.79 Å². The molecule has 0 spiro atoms. The monoisotopic (exact) mass is 593 g/mol. The van der Waals surface area contributed by atoms with Gasteiger partial charge in [0.25, 0.3) is 5.56 Å². The van der Waals surface area contributed by atoms with Crippen molar-refractivity contribution in [1.82, 2.24) is 9.66 Å². The Balaban J connectivity index is 1.71. The topological polar surface area (TPSA) is 56.5 Å². The van der Waals surface area contributed by atoms with E-state index in [9.17, 15) is 4.79 Å². The molecular formula is C23H15Br2Cl2N3O2. The summed E-state index contributed by atoms with van der Waals surface area (Å²) in [5.74, 6) is 1.01. The molecule has 0 radical (unpaired) electrons. The first kappa shape index (κ1) is 23.0. The fraction of sp³-hybridized carbons (Fsp3) is 0.0870. The zero-order chi connectivity index (χ0) is 22.8. The highest BCUT2D eigenvalue weighted by atomic mass is 79.9. The fourth-order valence-corrected chi connectivity index (χ4v) is 4.52. The standard InChI is InChI=1S/C23H15Br2Cl2N3O2/c1-13-29-21-7-4-16(24)9-19(21)23(31)30(13)28-11-15-8-18(27)10-20(25)22(15)32-12-14-2-5-17(26)6-3-14/h2-11H,12H2,1H3. The van der Waals surface area contributed by atoms with E-state index >= 15 is 0 Å². The van der Waals surface area contributed by atoms with Crippen molar-refractivity contribution in [2.24, 2.45) is 5.10 Å². The molecule has 1 heterocycles. The lowest BCUT2D eigenvalue weighted by atomic mass is 10.2. The maximum atomic E-state index is 13.0. The van der Waals surface area contributed by atoms with Crippen LogP contribution in [0.25, 0.3) is 10.9 Å². The molecule has 0 aliphatic rings. The minimum atomic E-state index is -0.269. The number of ether oxygens (including phenoxy) is 1. The van der Waals surface area contributed by atoms with E-state index in [-0.39, 0.29) is 5.56 Å². The molecule has 0 saturated carbocycles. The van der Waals surface area contributed by atoms with Gasteiger partial charge in [-0.15, -0.1) is 0 Å². The summed E-state index contributed by atoms with van der Waals surface area (Å²) in [6.45, 7) is 2.05. The molecule has 0 bridgehead atoms. The highest BCUT2D eigenvalue weighted by molar-refractivity contribution is 9.10. The SMILES string of the molecule is Cc1nc2ccc(Br)cc2c(=O)n1N=Cc1cc(Cl)cc(Br)c1OCc1ccc(Cl)cc1. The summed E-state index contributed by atoms with van der Waals surface area (Å²) < 4.78 is 8.75. The fourth-order valence-electron chi connectivity index (χ4n) is 3.08. The molecule has 1 aromatic heterocycles. The van der Waals surface area contributed by atoms with Crippen molar-refractivity contribution in [3.63, 3.8) is 0 Å². The number of halogens is 4. The van der Waals surface area contributed by atoms with Crippen LogP contribution in [0.2, 0.25) is 10.0 Å². The normalized spacial score (nSPS) is 11.4. The Morgan fingerprint density at radius 3 is 2.56 bits per heavy atom. The molecule has 0 fully saturated rings. The summed E-state index contributed by atoms with van der Waals surface area (Å²) in [6, 6.07) is 16.2. The van der Waals surface area contributed by atoms with Crippen LogP contribution in [-0.4, -0.2) is 15.9 Å². The molecule has 0 aliphatic carbocycles. The van der Waals surface area contributed by atoms with Crippen molar-refractivity contribution in [3.05, 3.63) is 101 Å². The summed E-state index contributed by atoms with van der Waals surface area (Å²) in [6.07, 6.45) is 1.54. The van der Waals surface area contributed by atoms with Crippen molar-refractivity contribution in [2.45, 2.75) is 13.5 Å². The largest absolute Gasteiger partial charge is 0.487 e. The quantitative estimate of drug-likeness (QED) is 0.234. The second-order valence-corrected chi connectivity index (χ2v) is 9.55. The number of aromatic nitrogens is 2. The third-order valence-electron chi connectivity index (χ3n) is 4.62. The van der Waals surface area contributed by atoms with Crippen LogP contribution in [0.4, 0.5) is 0 Å². The van der Waals surface area contributed by atoms with Crippen molar-refractivity contribution >= 4 is 72.2 Å². The average molecular weight is 596 g/mol. The van der Waals surface area contributed by atoms with Crippen LogP contribution < -0.4 is 10.3 Å². The summed E-state index contributed by atoms with van der Waals surface area (Å²) in [7, 11) is 0. The minimum Gasteiger partial charge on any atom is -0.487 e. The van der Waals surface area contributed by atoms with Crippen molar-refractivity contribution in [2.75, 3.05) is 0 Å². The Morgan fingerprint density at radius 1 is 1.06 bits per heavy atom. The van der Waals surface area contributed by atoms with E-state index in [4.69, 9.17) is 27.9 Å². The van der Waals surface area contributed by atoms with Gasteiger partial charge in [0, 0.05) is 20.1 Å². The molecule has 0 atom stereocenters. The van der Waals surface area contributed by atoms with Gasteiger partial charge in [0.05, 0.1) is 21.6 Å². The molecule has 4 aromatic rings. The Kier molecular flexibility index (Phi) is 7.00. The van der Waals surface area contributed by atoms with Crippen LogP contribution in [0.1, 0.15) is 17.0 Å². The molecule has 0 N–H and O–H groups in total. The van der Waals surface area contributed by atoms with Crippen LogP contribution in [-0.2, 0) is 6.61 Å². The van der Waals surface area contributed by atoms with Crippen molar-refractivity contribution in [3.8, 4) is 5.75 Å². The average Bonchev–Trinajstić information content (AvgIpc) is 2.74. The Hall–Kier alpha value is -2.19. The molecule has 0 aliphatic heterocycles. The number of fused-ring (bicyclic) bond motifs is 1. The van der Waals surface area contributed by atoms with Gasteiger partial charge in [-0.05, 0) is 70.9 Å². The summed E-state index contributed by atoms with van der Waals surface area (Å²) in [4.78, 5) is 17.5. The predicted octanol–water partition coefficient (Wildman–Crippen LogP) is 7.00. The molecule has 32 heavy (non-hydrogen) atoms. The number of aryl methyl sites for hydroxylation is 1. The van der Waals surface area contributed by atoms with Gasteiger partial charge in [0.2, 0.25) is 0 Å². The number of rotatable bonds is 5. The predicted molar refractivity (Wildman–Crippen MR) is 136 cm³/mol. The Bertz CT molecular complexity index is 1400. The first-order chi connectivity index (χ1) is 15.3. The first-order valence-electron chi connectivity index (χ1n) is 9.41. The summed E-state index contributed by atoms with van der Waals surface area (Å²) >= 11 is 19.1. The summed E-state index contributed by atoms with van der Waals surface area (Å²) in [5.41, 5.74) is 1.91. The van der Waals surface area contributed by atoms with Crippen LogP contribution in [0.5, 0.6) is 5.75 Å². The number of hydrogen-bond acceptors (Lipinski definition) is 4. The second kappa shape index (κ2) is 9.75. The molecule has 4 rings (SSSR count). The zero-order valence-corrected chi connectivity index (χ0v) is 21.3. The van der Waals surface area contributed by atoms with Crippen molar-refractivity contribution < 1.29 is 4.74 Å². The van der Waals surface area contributed by atoms with E-state index in [1.165, 1.54) is 10.9 Å². The van der Waals surface area contributed by atoms with E-state index in [2.05, 4.69) is 41.9 Å². The van der Waals surface area contributed by atoms with Gasteiger partial charge < -0.3 is 4.74 Å². The summed E-state index contributed by atoms with van der Waals surface area (Å²) in [5, 5.41) is 6.02. The van der Waals surface area contributed by atoms with E-state index in [1.807, 2.05) is 18.2 Å².